The minimum absolute atomic E-state index is 0.0601. The van der Waals surface area contributed by atoms with E-state index >= 15 is 0 Å². The van der Waals surface area contributed by atoms with E-state index in [9.17, 15) is 15.3 Å². The highest BCUT2D eigenvalue weighted by Crippen LogP contribution is 2.17. The molecule has 1 heterocycles. The van der Waals surface area contributed by atoms with Gasteiger partial charge in [-0.1, -0.05) is 76.9 Å². The van der Waals surface area contributed by atoms with Crippen LogP contribution in [-0.4, -0.2) is 59.6 Å². The third kappa shape index (κ3) is 11.9. The van der Waals surface area contributed by atoms with E-state index in [1.165, 1.54) is 64.2 Å². The van der Waals surface area contributed by atoms with Crippen molar-refractivity contribution in [2.75, 3.05) is 19.8 Å². The molecule has 0 aliphatic carbocycles. The van der Waals surface area contributed by atoms with Gasteiger partial charge >= 0.3 is 0 Å². The first-order chi connectivity index (χ1) is 13.2. The highest BCUT2D eigenvalue weighted by molar-refractivity contribution is 4.88. The number of ether oxygens (including phenoxy) is 2. The average molecular weight is 387 g/mol. The molecule has 0 spiro atoms. The molecule has 1 rings (SSSR count). The van der Waals surface area contributed by atoms with Gasteiger partial charge in [-0.2, -0.15) is 0 Å². The molecule has 1 aliphatic heterocycles. The summed E-state index contributed by atoms with van der Waals surface area (Å²) >= 11 is 0. The normalized spacial score (nSPS) is 24.1. The molecule has 160 valence electrons. The standard InChI is InChI=1S/C22H42O5/c1-2-3-4-5-6-7-8-9-10-11-12-13-14-15-16-26-17-20(24)22-21(25)19(23)18-27-22/h13-14,19-25H,2-12,15-18H2,1H3/b14-13+/t19-,20+,21-,22-/m1/s1. The molecule has 1 aliphatic rings. The van der Waals surface area contributed by atoms with Crippen LogP contribution in [0.1, 0.15) is 84.0 Å². The quantitative estimate of drug-likeness (QED) is 0.262. The minimum Gasteiger partial charge on any atom is -0.388 e. The highest BCUT2D eigenvalue weighted by Gasteiger charge is 2.39. The molecule has 0 unspecified atom stereocenters. The van der Waals surface area contributed by atoms with Crippen LogP contribution >= 0.6 is 0 Å². The Bertz CT molecular complexity index is 361. The highest BCUT2D eigenvalue weighted by atomic mass is 16.5. The Morgan fingerprint density at radius 1 is 0.926 bits per heavy atom. The maximum absolute atomic E-state index is 9.91. The van der Waals surface area contributed by atoms with Gasteiger partial charge in [0, 0.05) is 0 Å². The summed E-state index contributed by atoms with van der Waals surface area (Å²) in [4.78, 5) is 0. The summed E-state index contributed by atoms with van der Waals surface area (Å²) in [5.41, 5.74) is 0. The van der Waals surface area contributed by atoms with E-state index in [4.69, 9.17) is 9.47 Å². The number of hydrogen-bond donors (Lipinski definition) is 3. The van der Waals surface area contributed by atoms with Crippen molar-refractivity contribution < 1.29 is 24.8 Å². The molecule has 0 aromatic heterocycles. The molecular weight excluding hydrogens is 344 g/mol. The minimum atomic E-state index is -1.04. The summed E-state index contributed by atoms with van der Waals surface area (Å²) < 4.78 is 10.6. The van der Waals surface area contributed by atoms with E-state index in [1.807, 2.05) is 0 Å². The molecule has 0 bridgehead atoms. The van der Waals surface area contributed by atoms with Crippen molar-refractivity contribution in [3.63, 3.8) is 0 Å². The second-order valence-electron chi connectivity index (χ2n) is 7.73. The van der Waals surface area contributed by atoms with Crippen molar-refractivity contribution in [2.45, 2.75) is 108 Å². The van der Waals surface area contributed by atoms with Crippen LogP contribution in [0.4, 0.5) is 0 Å². The van der Waals surface area contributed by atoms with E-state index in [0.717, 1.165) is 12.8 Å². The Kier molecular flexibility index (Phi) is 15.0. The number of allylic oxidation sites excluding steroid dienone is 1. The predicted molar refractivity (Wildman–Crippen MR) is 109 cm³/mol. The molecule has 0 saturated carbocycles. The lowest BCUT2D eigenvalue weighted by atomic mass is 10.1. The fraction of sp³-hybridized carbons (Fsp3) is 0.909. The first kappa shape index (κ1) is 24.6. The summed E-state index contributed by atoms with van der Waals surface area (Å²) in [5.74, 6) is 0. The van der Waals surface area contributed by atoms with Gasteiger partial charge in [-0.25, -0.2) is 0 Å². The van der Waals surface area contributed by atoms with E-state index in [-0.39, 0.29) is 13.2 Å². The zero-order chi connectivity index (χ0) is 19.7. The summed E-state index contributed by atoms with van der Waals surface area (Å²) in [7, 11) is 0. The molecular formula is C22H42O5. The first-order valence-corrected chi connectivity index (χ1v) is 11.0. The Morgan fingerprint density at radius 3 is 2.11 bits per heavy atom. The zero-order valence-corrected chi connectivity index (χ0v) is 17.2. The number of unbranched alkanes of at least 4 members (excludes halogenated alkanes) is 10. The Morgan fingerprint density at radius 2 is 1.52 bits per heavy atom. The van der Waals surface area contributed by atoms with Gasteiger partial charge in [-0.15, -0.1) is 0 Å². The number of aliphatic hydroxyl groups excluding tert-OH is 3. The molecule has 27 heavy (non-hydrogen) atoms. The van der Waals surface area contributed by atoms with Gasteiger partial charge in [0.15, 0.2) is 0 Å². The van der Waals surface area contributed by atoms with Crippen molar-refractivity contribution in [3.8, 4) is 0 Å². The number of aliphatic hydroxyl groups is 3. The fourth-order valence-electron chi connectivity index (χ4n) is 3.40. The van der Waals surface area contributed by atoms with Crippen LogP contribution in [0, 0.1) is 0 Å². The monoisotopic (exact) mass is 386 g/mol. The van der Waals surface area contributed by atoms with E-state index in [2.05, 4.69) is 19.1 Å². The summed E-state index contributed by atoms with van der Waals surface area (Å²) in [5, 5.41) is 29.0. The molecule has 0 aromatic rings. The zero-order valence-electron chi connectivity index (χ0n) is 17.2. The van der Waals surface area contributed by atoms with Gasteiger partial charge in [0.2, 0.25) is 0 Å². The van der Waals surface area contributed by atoms with Crippen molar-refractivity contribution in [1.82, 2.24) is 0 Å². The third-order valence-electron chi connectivity index (χ3n) is 5.18. The molecule has 5 nitrogen and oxygen atoms in total. The molecule has 1 fully saturated rings. The lowest BCUT2D eigenvalue weighted by Gasteiger charge is -2.20. The lowest BCUT2D eigenvalue weighted by Crippen LogP contribution is -2.40. The van der Waals surface area contributed by atoms with Gasteiger partial charge in [0.1, 0.15) is 24.4 Å². The topological polar surface area (TPSA) is 79.2 Å². The van der Waals surface area contributed by atoms with E-state index in [0.29, 0.717) is 6.61 Å². The second kappa shape index (κ2) is 16.5. The van der Waals surface area contributed by atoms with Gasteiger partial charge in [-0.05, 0) is 19.3 Å². The molecule has 3 N–H and O–H groups in total. The first-order valence-electron chi connectivity index (χ1n) is 11.0. The van der Waals surface area contributed by atoms with Gasteiger partial charge < -0.3 is 24.8 Å². The molecule has 4 atom stereocenters. The van der Waals surface area contributed by atoms with Crippen LogP contribution in [0.2, 0.25) is 0 Å². The van der Waals surface area contributed by atoms with Crippen LogP contribution in [0.3, 0.4) is 0 Å². The maximum atomic E-state index is 9.91. The van der Waals surface area contributed by atoms with Crippen LogP contribution in [-0.2, 0) is 9.47 Å². The second-order valence-corrected chi connectivity index (χ2v) is 7.73. The van der Waals surface area contributed by atoms with E-state index in [1.54, 1.807) is 0 Å². The van der Waals surface area contributed by atoms with Crippen LogP contribution in [0.25, 0.3) is 0 Å². The Hall–Kier alpha value is -0.460. The smallest absolute Gasteiger partial charge is 0.114 e. The van der Waals surface area contributed by atoms with Gasteiger partial charge in [0.05, 0.1) is 19.8 Å². The number of rotatable bonds is 17. The van der Waals surface area contributed by atoms with Crippen molar-refractivity contribution in [3.05, 3.63) is 12.2 Å². The predicted octanol–water partition coefficient (Wildman–Crippen LogP) is 3.74. The SMILES string of the molecule is CCCCCCCCCCCC/C=C/CCOC[C@H](O)[C@H]1OC[C@@H](O)[C@H]1O. The summed E-state index contributed by atoms with van der Waals surface area (Å²) in [6, 6.07) is 0. The van der Waals surface area contributed by atoms with Crippen molar-refractivity contribution >= 4 is 0 Å². The maximum Gasteiger partial charge on any atom is 0.114 e. The van der Waals surface area contributed by atoms with E-state index < -0.39 is 24.4 Å². The van der Waals surface area contributed by atoms with Crippen LogP contribution < -0.4 is 0 Å². The third-order valence-corrected chi connectivity index (χ3v) is 5.18. The fourth-order valence-corrected chi connectivity index (χ4v) is 3.40. The summed E-state index contributed by atoms with van der Waals surface area (Å²) in [6.45, 7) is 2.97. The van der Waals surface area contributed by atoms with Crippen molar-refractivity contribution in [1.29, 1.82) is 0 Å². The molecule has 1 saturated heterocycles. The molecule has 0 aromatic carbocycles. The van der Waals surface area contributed by atoms with Crippen LogP contribution in [0.15, 0.2) is 12.2 Å². The molecule has 0 radical (unpaired) electrons. The average Bonchev–Trinajstić information content (AvgIpc) is 3.00. The Balaban J connectivity index is 1.83. The molecule has 0 amide bonds. The molecule has 5 heteroatoms. The van der Waals surface area contributed by atoms with Crippen molar-refractivity contribution in [2.24, 2.45) is 0 Å². The summed E-state index contributed by atoms with van der Waals surface area (Å²) in [6.07, 6.45) is 16.3. The van der Waals surface area contributed by atoms with Gasteiger partial charge in [-0.3, -0.25) is 0 Å². The van der Waals surface area contributed by atoms with Crippen LogP contribution in [0.5, 0.6) is 0 Å². The lowest BCUT2D eigenvalue weighted by molar-refractivity contribution is -0.0806. The van der Waals surface area contributed by atoms with Gasteiger partial charge in [0.25, 0.3) is 0 Å². The largest absolute Gasteiger partial charge is 0.388 e. The Labute approximate surface area is 165 Å². The number of hydrogen-bond acceptors (Lipinski definition) is 5.